The molecule has 13 heavy (non-hydrogen) atoms. The van der Waals surface area contributed by atoms with Crippen molar-refractivity contribution in [2.45, 2.75) is 38.6 Å². The molecule has 0 aromatic carbocycles. The number of amides is 1. The van der Waals surface area contributed by atoms with Gasteiger partial charge in [-0.2, -0.15) is 0 Å². The van der Waals surface area contributed by atoms with Crippen LogP contribution in [0.2, 0.25) is 0 Å². The van der Waals surface area contributed by atoms with E-state index < -0.39 is 5.54 Å². The van der Waals surface area contributed by atoms with Crippen LogP contribution in [0.25, 0.3) is 0 Å². The lowest BCUT2D eigenvalue weighted by Crippen LogP contribution is -2.57. The first-order valence-electron chi connectivity index (χ1n) is 4.91. The molecule has 0 aromatic heterocycles. The van der Waals surface area contributed by atoms with Crippen molar-refractivity contribution in [3.05, 3.63) is 0 Å². The lowest BCUT2D eigenvalue weighted by molar-refractivity contribution is -0.132. The van der Waals surface area contributed by atoms with Gasteiger partial charge in [-0.3, -0.25) is 15.1 Å². The Morgan fingerprint density at radius 3 is 2.46 bits per heavy atom. The summed E-state index contributed by atoms with van der Waals surface area (Å²) in [6, 6.07) is 0. The Bertz CT molecular complexity index is 189. The number of hydrogen-bond donors (Lipinski definition) is 2. The normalized spacial score (nSPS) is 22.7. The topological polar surface area (TPSA) is 58.4 Å². The lowest BCUT2D eigenvalue weighted by Gasteiger charge is -2.35. The Balaban J connectivity index is 2.72. The molecule has 1 aliphatic rings. The molecule has 4 heteroatoms. The van der Waals surface area contributed by atoms with Crippen molar-refractivity contribution in [1.82, 2.24) is 10.3 Å². The maximum atomic E-state index is 11.6. The maximum absolute atomic E-state index is 11.6. The fraction of sp³-hybridized carbons (Fsp3) is 0.889. The number of carbonyl (C=O) groups is 1. The molecule has 0 bridgehead atoms. The molecule has 1 fully saturated rings. The average molecular weight is 185 g/mol. The van der Waals surface area contributed by atoms with Crippen LogP contribution in [0, 0.1) is 0 Å². The van der Waals surface area contributed by atoms with Crippen LogP contribution in [0.1, 0.15) is 33.1 Å². The summed E-state index contributed by atoms with van der Waals surface area (Å²) >= 11 is 0. The molecule has 3 N–H and O–H groups in total. The van der Waals surface area contributed by atoms with Crippen molar-refractivity contribution in [1.29, 1.82) is 0 Å². The Hall–Kier alpha value is -0.610. The van der Waals surface area contributed by atoms with Crippen LogP contribution in [0.3, 0.4) is 0 Å². The van der Waals surface area contributed by atoms with Crippen LogP contribution in [-0.2, 0) is 4.79 Å². The first-order chi connectivity index (χ1) is 6.15. The second kappa shape index (κ2) is 4.07. The van der Waals surface area contributed by atoms with E-state index in [0.717, 1.165) is 19.5 Å². The summed E-state index contributed by atoms with van der Waals surface area (Å²) in [4.78, 5) is 13.8. The average Bonchev–Trinajstić information content (AvgIpc) is 2.68. The molecule has 1 saturated heterocycles. The summed E-state index contributed by atoms with van der Waals surface area (Å²) in [5, 5.41) is 0. The van der Waals surface area contributed by atoms with E-state index in [-0.39, 0.29) is 5.91 Å². The molecule has 1 amide bonds. The summed E-state index contributed by atoms with van der Waals surface area (Å²) in [6.07, 6.45) is 3.18. The molecule has 1 unspecified atom stereocenters. The molecule has 4 nitrogen and oxygen atoms in total. The Labute approximate surface area is 79.4 Å². The minimum atomic E-state index is -0.411. The molecule has 0 aromatic rings. The highest BCUT2D eigenvalue weighted by Crippen LogP contribution is 2.24. The van der Waals surface area contributed by atoms with E-state index in [0.29, 0.717) is 0 Å². The van der Waals surface area contributed by atoms with Gasteiger partial charge in [-0.25, -0.2) is 5.84 Å². The van der Waals surface area contributed by atoms with Gasteiger partial charge in [-0.05, 0) is 39.3 Å². The molecule has 0 aliphatic carbocycles. The number of nitrogens with one attached hydrogen (secondary N) is 1. The van der Waals surface area contributed by atoms with Crippen LogP contribution in [0.5, 0.6) is 0 Å². The number of likely N-dealkylation sites (tertiary alicyclic amines) is 1. The predicted molar refractivity (Wildman–Crippen MR) is 51.8 cm³/mol. The van der Waals surface area contributed by atoms with Gasteiger partial charge in [0.15, 0.2) is 0 Å². The lowest BCUT2D eigenvalue weighted by atomic mass is 9.96. The highest BCUT2D eigenvalue weighted by Gasteiger charge is 2.38. The number of carbonyl (C=O) groups excluding carboxylic acids is 1. The number of rotatable bonds is 3. The van der Waals surface area contributed by atoms with Gasteiger partial charge in [0.05, 0.1) is 5.54 Å². The number of hydrogen-bond acceptors (Lipinski definition) is 3. The number of nitrogens with zero attached hydrogens (tertiary/aromatic N) is 1. The standard InChI is InChI=1S/C9H19N3O/c1-3-9(2,8(13)11-10)12-6-4-5-7-12/h3-7,10H2,1-2H3,(H,11,13). The Morgan fingerprint density at radius 2 is 2.08 bits per heavy atom. The maximum Gasteiger partial charge on any atom is 0.254 e. The van der Waals surface area contributed by atoms with Gasteiger partial charge in [-0.15, -0.1) is 0 Å². The van der Waals surface area contributed by atoms with E-state index in [1.807, 2.05) is 13.8 Å². The van der Waals surface area contributed by atoms with Gasteiger partial charge in [0.2, 0.25) is 0 Å². The largest absolute Gasteiger partial charge is 0.293 e. The Morgan fingerprint density at radius 1 is 1.54 bits per heavy atom. The first-order valence-corrected chi connectivity index (χ1v) is 4.91. The molecule has 1 heterocycles. The molecule has 1 atom stereocenters. The summed E-state index contributed by atoms with van der Waals surface area (Å²) in [7, 11) is 0. The summed E-state index contributed by atoms with van der Waals surface area (Å²) in [5.41, 5.74) is 1.84. The third kappa shape index (κ3) is 1.84. The van der Waals surface area contributed by atoms with Crippen molar-refractivity contribution >= 4 is 5.91 Å². The minimum absolute atomic E-state index is 0.0723. The van der Waals surface area contributed by atoms with Crippen molar-refractivity contribution in [2.75, 3.05) is 13.1 Å². The van der Waals surface area contributed by atoms with Crippen LogP contribution in [0.4, 0.5) is 0 Å². The van der Waals surface area contributed by atoms with E-state index in [1.165, 1.54) is 12.8 Å². The van der Waals surface area contributed by atoms with Crippen molar-refractivity contribution in [3.8, 4) is 0 Å². The number of nitrogens with two attached hydrogens (primary N) is 1. The minimum Gasteiger partial charge on any atom is -0.293 e. The fourth-order valence-corrected chi connectivity index (χ4v) is 1.89. The highest BCUT2D eigenvalue weighted by atomic mass is 16.2. The zero-order chi connectivity index (χ0) is 9.90. The second-order valence-electron chi connectivity index (χ2n) is 3.80. The Kier molecular flexibility index (Phi) is 3.27. The van der Waals surface area contributed by atoms with Gasteiger partial charge in [0.1, 0.15) is 0 Å². The third-order valence-corrected chi connectivity index (χ3v) is 3.11. The van der Waals surface area contributed by atoms with Crippen molar-refractivity contribution in [2.24, 2.45) is 5.84 Å². The zero-order valence-corrected chi connectivity index (χ0v) is 8.47. The monoisotopic (exact) mass is 185 g/mol. The summed E-state index contributed by atoms with van der Waals surface area (Å²) in [5.74, 6) is 5.10. The predicted octanol–water partition coefficient (Wildman–Crippen LogP) is 0.241. The van der Waals surface area contributed by atoms with E-state index in [2.05, 4.69) is 10.3 Å². The van der Waals surface area contributed by atoms with Crippen molar-refractivity contribution < 1.29 is 4.79 Å². The molecular formula is C9H19N3O. The fourth-order valence-electron chi connectivity index (χ4n) is 1.89. The van der Waals surface area contributed by atoms with E-state index in [1.54, 1.807) is 0 Å². The quantitative estimate of drug-likeness (QED) is 0.376. The van der Waals surface area contributed by atoms with Crippen LogP contribution in [-0.4, -0.2) is 29.4 Å². The first kappa shape index (κ1) is 10.5. The number of hydrazine groups is 1. The van der Waals surface area contributed by atoms with Crippen LogP contribution in [0.15, 0.2) is 0 Å². The molecular weight excluding hydrogens is 166 g/mol. The summed E-state index contributed by atoms with van der Waals surface area (Å²) < 4.78 is 0. The smallest absolute Gasteiger partial charge is 0.254 e. The van der Waals surface area contributed by atoms with Crippen LogP contribution < -0.4 is 11.3 Å². The zero-order valence-electron chi connectivity index (χ0n) is 8.47. The molecule has 0 radical (unpaired) electrons. The molecule has 0 saturated carbocycles. The highest BCUT2D eigenvalue weighted by molar-refractivity contribution is 5.85. The van der Waals surface area contributed by atoms with E-state index in [9.17, 15) is 4.79 Å². The molecule has 1 rings (SSSR count). The van der Waals surface area contributed by atoms with Gasteiger partial charge >= 0.3 is 0 Å². The molecule has 1 aliphatic heterocycles. The SMILES string of the molecule is CCC(C)(C(=O)NN)N1CCCC1. The summed E-state index contributed by atoms with van der Waals surface area (Å²) in [6.45, 7) is 6.00. The van der Waals surface area contributed by atoms with Gasteiger partial charge in [-0.1, -0.05) is 6.92 Å². The van der Waals surface area contributed by atoms with Gasteiger partial charge in [0, 0.05) is 0 Å². The van der Waals surface area contributed by atoms with Gasteiger partial charge in [0.25, 0.3) is 5.91 Å². The van der Waals surface area contributed by atoms with Crippen molar-refractivity contribution in [3.63, 3.8) is 0 Å². The van der Waals surface area contributed by atoms with Crippen LogP contribution >= 0.6 is 0 Å². The van der Waals surface area contributed by atoms with Gasteiger partial charge < -0.3 is 0 Å². The second-order valence-corrected chi connectivity index (χ2v) is 3.80. The molecule has 0 spiro atoms. The van der Waals surface area contributed by atoms with E-state index >= 15 is 0 Å². The molecule has 76 valence electrons. The van der Waals surface area contributed by atoms with E-state index in [4.69, 9.17) is 5.84 Å². The third-order valence-electron chi connectivity index (χ3n) is 3.11.